The summed E-state index contributed by atoms with van der Waals surface area (Å²) in [5.41, 5.74) is 0. The van der Waals surface area contributed by atoms with Crippen LogP contribution in [0.3, 0.4) is 0 Å². The van der Waals surface area contributed by atoms with Gasteiger partial charge in [0.15, 0.2) is 0 Å². The van der Waals surface area contributed by atoms with Gasteiger partial charge in [0.05, 0.1) is 0 Å². The number of hydrogen-bond donors (Lipinski definition) is 1. The molecular weight excluding hydrogens is 136 g/mol. The molecule has 0 amide bonds. The van der Waals surface area contributed by atoms with Crippen LogP contribution in [0.4, 0.5) is 0 Å². The molecule has 0 saturated heterocycles. The predicted octanol–water partition coefficient (Wildman–Crippen LogP) is 1.09. The molecule has 0 aromatic heterocycles. The second-order valence-electron chi connectivity index (χ2n) is 1.97. The lowest BCUT2D eigenvalue weighted by atomic mass is 10.7. The van der Waals surface area contributed by atoms with Gasteiger partial charge in [0.25, 0.3) is 0 Å². The summed E-state index contributed by atoms with van der Waals surface area (Å²) in [6.07, 6.45) is 1.69. The standard InChI is InChI=1S/C3H6ClN.C3H9N/c1-2-3-5-4;1-4(2)3/h2,5H,1,3H2;1-3H3. The highest BCUT2D eigenvalue weighted by molar-refractivity contribution is 6.13. The second kappa shape index (κ2) is 10.8. The zero-order chi connectivity index (χ0) is 7.70. The summed E-state index contributed by atoms with van der Waals surface area (Å²) in [7, 11) is 6.00. The van der Waals surface area contributed by atoms with E-state index in [1.807, 2.05) is 26.0 Å². The van der Waals surface area contributed by atoms with Crippen LogP contribution in [0.15, 0.2) is 12.7 Å². The van der Waals surface area contributed by atoms with Gasteiger partial charge in [-0.05, 0) is 32.9 Å². The van der Waals surface area contributed by atoms with Gasteiger partial charge in [-0.3, -0.25) is 0 Å². The highest BCUT2D eigenvalue weighted by Crippen LogP contribution is 1.58. The molecule has 0 heterocycles. The fraction of sp³-hybridized carbons (Fsp3) is 0.667. The van der Waals surface area contributed by atoms with Crippen molar-refractivity contribution in [3.63, 3.8) is 0 Å². The molecule has 0 aromatic rings. The molecule has 0 aliphatic rings. The average Bonchev–Trinajstić information content (AvgIpc) is 1.66. The fourth-order valence-electron chi connectivity index (χ4n) is 0.0546. The summed E-state index contributed by atoms with van der Waals surface area (Å²) in [6.45, 7) is 4.07. The highest BCUT2D eigenvalue weighted by atomic mass is 35.5. The summed E-state index contributed by atoms with van der Waals surface area (Å²) in [5, 5.41) is 0. The van der Waals surface area contributed by atoms with Gasteiger partial charge >= 0.3 is 0 Å². The summed E-state index contributed by atoms with van der Waals surface area (Å²) in [5.74, 6) is 0. The molecule has 0 atom stereocenters. The molecule has 0 aliphatic carbocycles. The van der Waals surface area contributed by atoms with E-state index >= 15 is 0 Å². The Bertz CT molecular complexity index is 52.3. The lowest BCUT2D eigenvalue weighted by Crippen LogP contribution is -1.99. The predicted molar refractivity (Wildman–Crippen MR) is 43.7 cm³/mol. The number of hydrogen-bond acceptors (Lipinski definition) is 2. The second-order valence-corrected chi connectivity index (χ2v) is 2.24. The summed E-state index contributed by atoms with van der Waals surface area (Å²) in [6, 6.07) is 0. The third kappa shape index (κ3) is 74.0. The summed E-state index contributed by atoms with van der Waals surface area (Å²) in [4.78, 5) is 4.37. The van der Waals surface area contributed by atoms with E-state index in [1.165, 1.54) is 0 Å². The SMILES string of the molecule is C=CCNCl.CN(C)C. The molecule has 1 N–H and O–H groups in total. The van der Waals surface area contributed by atoms with Crippen molar-refractivity contribution >= 4 is 11.8 Å². The van der Waals surface area contributed by atoms with Crippen molar-refractivity contribution in [1.82, 2.24) is 9.74 Å². The fourth-order valence-corrected chi connectivity index (χ4v) is 0.164. The Morgan fingerprint density at radius 3 is 1.89 bits per heavy atom. The largest absolute Gasteiger partial charge is 0.312 e. The van der Waals surface area contributed by atoms with Gasteiger partial charge in [-0.1, -0.05) is 6.08 Å². The number of rotatable bonds is 2. The van der Waals surface area contributed by atoms with E-state index in [4.69, 9.17) is 11.8 Å². The zero-order valence-corrected chi connectivity index (χ0v) is 7.07. The minimum Gasteiger partial charge on any atom is -0.312 e. The van der Waals surface area contributed by atoms with E-state index < -0.39 is 0 Å². The Morgan fingerprint density at radius 1 is 1.56 bits per heavy atom. The minimum absolute atomic E-state index is 0.668. The van der Waals surface area contributed by atoms with Crippen LogP contribution < -0.4 is 4.84 Å². The number of halogens is 1. The van der Waals surface area contributed by atoms with Crippen molar-refractivity contribution in [3.05, 3.63) is 12.7 Å². The van der Waals surface area contributed by atoms with Crippen LogP contribution in [0.25, 0.3) is 0 Å². The van der Waals surface area contributed by atoms with Gasteiger partial charge in [0, 0.05) is 6.54 Å². The molecule has 0 unspecified atom stereocenters. The van der Waals surface area contributed by atoms with Gasteiger partial charge in [-0.25, -0.2) is 4.84 Å². The van der Waals surface area contributed by atoms with E-state index in [-0.39, 0.29) is 0 Å². The van der Waals surface area contributed by atoms with Gasteiger partial charge in [0.1, 0.15) is 0 Å². The summed E-state index contributed by atoms with van der Waals surface area (Å²) >= 11 is 4.98. The van der Waals surface area contributed by atoms with Crippen molar-refractivity contribution < 1.29 is 0 Å². The minimum atomic E-state index is 0.668. The van der Waals surface area contributed by atoms with E-state index in [1.54, 1.807) is 6.08 Å². The molecule has 0 aromatic carbocycles. The van der Waals surface area contributed by atoms with Crippen LogP contribution in [0.5, 0.6) is 0 Å². The van der Waals surface area contributed by atoms with Crippen molar-refractivity contribution in [2.24, 2.45) is 0 Å². The molecule has 0 spiro atoms. The van der Waals surface area contributed by atoms with Gasteiger partial charge in [-0.2, -0.15) is 0 Å². The van der Waals surface area contributed by atoms with E-state index in [9.17, 15) is 0 Å². The van der Waals surface area contributed by atoms with Crippen LogP contribution >= 0.6 is 11.8 Å². The van der Waals surface area contributed by atoms with Gasteiger partial charge < -0.3 is 4.90 Å². The number of nitrogens with zero attached hydrogens (tertiary/aromatic N) is 1. The Morgan fingerprint density at radius 2 is 1.89 bits per heavy atom. The molecule has 3 heteroatoms. The van der Waals surface area contributed by atoms with E-state index in [2.05, 4.69) is 11.4 Å². The molecule has 2 nitrogen and oxygen atoms in total. The average molecular weight is 151 g/mol. The maximum atomic E-state index is 4.98. The first-order valence-corrected chi connectivity index (χ1v) is 3.08. The van der Waals surface area contributed by atoms with Crippen molar-refractivity contribution in [2.75, 3.05) is 27.7 Å². The topological polar surface area (TPSA) is 15.3 Å². The molecule has 0 rings (SSSR count). The van der Waals surface area contributed by atoms with Crippen molar-refractivity contribution in [3.8, 4) is 0 Å². The Kier molecular flexibility index (Phi) is 14.1. The maximum Gasteiger partial charge on any atom is 0.0286 e. The quantitative estimate of drug-likeness (QED) is 0.469. The van der Waals surface area contributed by atoms with Crippen LogP contribution in [0, 0.1) is 0 Å². The van der Waals surface area contributed by atoms with Crippen LogP contribution in [0.2, 0.25) is 0 Å². The maximum absolute atomic E-state index is 4.98. The van der Waals surface area contributed by atoms with Gasteiger partial charge in [-0.15, -0.1) is 6.58 Å². The highest BCUT2D eigenvalue weighted by Gasteiger charge is 1.59. The molecule has 0 radical (unpaired) electrons. The Balaban J connectivity index is 0. The number of nitrogens with one attached hydrogen (secondary N) is 1. The molecule has 0 bridgehead atoms. The van der Waals surface area contributed by atoms with Crippen LogP contribution in [-0.4, -0.2) is 32.6 Å². The van der Waals surface area contributed by atoms with Crippen molar-refractivity contribution in [2.45, 2.75) is 0 Å². The normalized spacial score (nSPS) is 8.11. The lowest BCUT2D eigenvalue weighted by Gasteiger charge is -1.90. The van der Waals surface area contributed by atoms with Gasteiger partial charge in [0.2, 0.25) is 0 Å². The molecule has 0 saturated carbocycles. The molecule has 56 valence electrons. The van der Waals surface area contributed by atoms with Crippen LogP contribution in [0.1, 0.15) is 0 Å². The van der Waals surface area contributed by atoms with Crippen molar-refractivity contribution in [1.29, 1.82) is 0 Å². The smallest absolute Gasteiger partial charge is 0.0286 e. The first-order chi connectivity index (χ1) is 4.15. The first kappa shape index (κ1) is 11.7. The monoisotopic (exact) mass is 150 g/mol. The molecule has 9 heavy (non-hydrogen) atoms. The third-order valence-corrected chi connectivity index (χ3v) is 0.376. The van der Waals surface area contributed by atoms with E-state index in [0.717, 1.165) is 0 Å². The van der Waals surface area contributed by atoms with Crippen LogP contribution in [-0.2, 0) is 0 Å². The molecular formula is C6H15ClN2. The Hall–Kier alpha value is -0.0500. The molecule has 0 aliphatic heterocycles. The zero-order valence-electron chi connectivity index (χ0n) is 6.32. The summed E-state index contributed by atoms with van der Waals surface area (Å²) < 4.78 is 0. The molecule has 0 fully saturated rings. The third-order valence-electron chi connectivity index (χ3n) is 0.221. The lowest BCUT2D eigenvalue weighted by molar-refractivity contribution is 0.505. The Labute approximate surface area is 62.6 Å². The first-order valence-electron chi connectivity index (χ1n) is 2.70. The van der Waals surface area contributed by atoms with E-state index in [0.29, 0.717) is 6.54 Å².